The molecular weight excluding hydrogens is 225 g/mol. The van der Waals surface area contributed by atoms with E-state index in [1.54, 1.807) is 18.9 Å². The quantitative estimate of drug-likeness (QED) is 0.578. The largest absolute Gasteiger partial charge is 0.330 e. The summed E-state index contributed by atoms with van der Waals surface area (Å²) >= 11 is 0. The van der Waals surface area contributed by atoms with Gasteiger partial charge in [-0.1, -0.05) is 6.92 Å². The molecular formula is C7H12F2NY-. The van der Waals surface area contributed by atoms with Crippen LogP contribution in [0.25, 0.3) is 0 Å². The van der Waals surface area contributed by atoms with E-state index in [0.29, 0.717) is 0 Å². The number of hydrogen-bond donors (Lipinski definition) is 0. The van der Waals surface area contributed by atoms with Crippen molar-refractivity contribution in [3.63, 3.8) is 0 Å². The van der Waals surface area contributed by atoms with Crippen LogP contribution >= 0.6 is 0 Å². The van der Waals surface area contributed by atoms with E-state index >= 15 is 0 Å². The minimum absolute atomic E-state index is 0. The van der Waals surface area contributed by atoms with Gasteiger partial charge in [0.05, 0.1) is 0 Å². The third kappa shape index (κ3) is 2.19. The van der Waals surface area contributed by atoms with Gasteiger partial charge in [0.2, 0.25) is 0 Å². The van der Waals surface area contributed by atoms with E-state index in [4.69, 9.17) is 0 Å². The molecule has 0 bridgehead atoms. The van der Waals surface area contributed by atoms with Crippen molar-refractivity contribution in [2.45, 2.75) is 25.8 Å². The van der Waals surface area contributed by atoms with Gasteiger partial charge in [-0.2, -0.15) is 6.92 Å². The Morgan fingerprint density at radius 3 is 2.09 bits per heavy atom. The van der Waals surface area contributed by atoms with Gasteiger partial charge in [0, 0.05) is 39.3 Å². The first kappa shape index (κ1) is 11.9. The smallest absolute Gasteiger partial charge is 0.148 e. The number of likely N-dealkylation sites (tertiary alicyclic amines) is 1. The minimum Gasteiger partial charge on any atom is -0.330 e. The maximum Gasteiger partial charge on any atom is 0.148 e. The Kier molecular flexibility index (Phi) is 4.07. The summed E-state index contributed by atoms with van der Waals surface area (Å²) in [5.74, 6) is -2.27. The Labute approximate surface area is 91.4 Å². The van der Waals surface area contributed by atoms with Gasteiger partial charge in [-0.3, -0.25) is 0 Å². The second-order valence-corrected chi connectivity index (χ2v) is 2.98. The van der Waals surface area contributed by atoms with E-state index in [1.165, 1.54) is 6.92 Å². The van der Waals surface area contributed by atoms with E-state index in [2.05, 4.69) is 0 Å². The normalized spacial score (nSPS) is 31.9. The monoisotopic (exact) mass is 237 g/mol. The fraction of sp³-hybridized carbons (Fsp3) is 0.857. The number of halogens is 2. The van der Waals surface area contributed by atoms with Crippen molar-refractivity contribution in [2.24, 2.45) is 0 Å². The Morgan fingerprint density at radius 1 is 1.55 bits per heavy atom. The van der Waals surface area contributed by atoms with Crippen LogP contribution in [0.1, 0.15) is 13.8 Å². The number of alkyl halides is 2. The summed E-state index contributed by atoms with van der Waals surface area (Å²) in [6.07, 6.45) is 0. The number of hydrogen-bond acceptors (Lipinski definition) is 1. The molecule has 0 aromatic heterocycles. The van der Waals surface area contributed by atoms with Crippen molar-refractivity contribution in [1.29, 1.82) is 0 Å². The van der Waals surface area contributed by atoms with Crippen molar-refractivity contribution in [3.05, 3.63) is 5.92 Å². The first-order valence-electron chi connectivity index (χ1n) is 3.37. The SMILES string of the molecule is C[C-]1C(C)N(C)CC1(F)F.[Y]. The molecule has 0 amide bonds. The zero-order valence-electron chi connectivity index (χ0n) is 7.06. The van der Waals surface area contributed by atoms with Crippen LogP contribution in [0, 0.1) is 5.92 Å². The average Bonchev–Trinajstić information content (AvgIpc) is 1.95. The molecule has 1 atom stereocenters. The van der Waals surface area contributed by atoms with Crippen LogP contribution in [-0.2, 0) is 32.7 Å². The summed E-state index contributed by atoms with van der Waals surface area (Å²) in [4.78, 5) is 1.66. The maximum atomic E-state index is 12.8. The molecule has 63 valence electrons. The van der Waals surface area contributed by atoms with Crippen LogP contribution in [0.3, 0.4) is 0 Å². The van der Waals surface area contributed by atoms with Gasteiger partial charge in [0.15, 0.2) is 0 Å². The Bertz CT molecular complexity index is 140. The van der Waals surface area contributed by atoms with E-state index in [9.17, 15) is 8.78 Å². The van der Waals surface area contributed by atoms with Crippen LogP contribution in [0.4, 0.5) is 8.78 Å². The first-order chi connectivity index (χ1) is 4.45. The predicted octanol–water partition coefficient (Wildman–Crippen LogP) is 1.55. The summed E-state index contributed by atoms with van der Waals surface area (Å²) in [7, 11) is 1.72. The van der Waals surface area contributed by atoms with Crippen molar-refractivity contribution in [3.8, 4) is 0 Å². The molecule has 1 unspecified atom stereocenters. The van der Waals surface area contributed by atoms with Gasteiger partial charge < -0.3 is 4.90 Å². The molecule has 1 radical (unpaired) electrons. The Hall–Kier alpha value is 0.924. The average molecular weight is 237 g/mol. The van der Waals surface area contributed by atoms with Crippen LogP contribution in [0.15, 0.2) is 0 Å². The van der Waals surface area contributed by atoms with Crippen LogP contribution in [0.5, 0.6) is 0 Å². The van der Waals surface area contributed by atoms with Crippen molar-refractivity contribution in [1.82, 2.24) is 4.90 Å². The van der Waals surface area contributed by atoms with Gasteiger partial charge in [0.25, 0.3) is 0 Å². The topological polar surface area (TPSA) is 3.24 Å². The maximum absolute atomic E-state index is 12.8. The third-order valence-corrected chi connectivity index (χ3v) is 2.31. The molecule has 0 saturated carbocycles. The summed E-state index contributed by atoms with van der Waals surface area (Å²) in [6.45, 7) is 3.20. The Morgan fingerprint density at radius 2 is 2.00 bits per heavy atom. The summed E-state index contributed by atoms with van der Waals surface area (Å²) in [6, 6.07) is -0.0741. The number of nitrogens with zero attached hydrogens (tertiary/aromatic N) is 1. The van der Waals surface area contributed by atoms with E-state index in [0.717, 1.165) is 0 Å². The van der Waals surface area contributed by atoms with E-state index in [1.807, 2.05) is 0 Å². The zero-order valence-corrected chi connectivity index (χ0v) is 9.90. The molecule has 4 heteroatoms. The molecule has 0 spiro atoms. The van der Waals surface area contributed by atoms with Gasteiger partial charge in [-0.05, 0) is 7.05 Å². The third-order valence-electron chi connectivity index (χ3n) is 2.31. The molecule has 1 heterocycles. The molecule has 1 fully saturated rings. The summed E-state index contributed by atoms with van der Waals surface area (Å²) in [5.41, 5.74) is 0. The zero-order chi connectivity index (χ0) is 7.94. The van der Waals surface area contributed by atoms with Crippen molar-refractivity contribution >= 4 is 0 Å². The Balaban J connectivity index is 0.000001000. The van der Waals surface area contributed by atoms with Crippen LogP contribution < -0.4 is 0 Å². The molecule has 1 aliphatic rings. The fourth-order valence-electron chi connectivity index (χ4n) is 1.21. The summed E-state index contributed by atoms with van der Waals surface area (Å²) in [5, 5.41) is 0. The van der Waals surface area contributed by atoms with Gasteiger partial charge in [0.1, 0.15) is 5.92 Å². The van der Waals surface area contributed by atoms with Crippen molar-refractivity contribution in [2.75, 3.05) is 13.6 Å². The summed E-state index contributed by atoms with van der Waals surface area (Å²) < 4.78 is 25.5. The molecule has 0 aliphatic carbocycles. The minimum atomic E-state index is -2.56. The molecule has 1 nitrogen and oxygen atoms in total. The van der Waals surface area contributed by atoms with Gasteiger partial charge >= 0.3 is 0 Å². The standard InChI is InChI=1S/C7H12F2N.Y/c1-5-6(2)10(3)4-7(5,8)9;/h6H,4H2,1-3H3;/q-1;. The van der Waals surface area contributed by atoms with Gasteiger partial charge in [-0.25, -0.2) is 14.7 Å². The van der Waals surface area contributed by atoms with Gasteiger partial charge in [-0.15, -0.1) is 6.04 Å². The molecule has 1 saturated heterocycles. The van der Waals surface area contributed by atoms with Crippen molar-refractivity contribution < 1.29 is 41.5 Å². The van der Waals surface area contributed by atoms with E-state index in [-0.39, 0.29) is 51.2 Å². The molecule has 0 N–H and O–H groups in total. The molecule has 0 aromatic carbocycles. The second-order valence-electron chi connectivity index (χ2n) is 2.98. The fourth-order valence-corrected chi connectivity index (χ4v) is 1.21. The van der Waals surface area contributed by atoms with Crippen LogP contribution in [-0.4, -0.2) is 30.5 Å². The molecule has 0 aromatic rings. The molecule has 1 rings (SSSR count). The van der Waals surface area contributed by atoms with Crippen LogP contribution in [0.2, 0.25) is 0 Å². The number of rotatable bonds is 0. The molecule has 11 heavy (non-hydrogen) atoms. The first-order valence-corrected chi connectivity index (χ1v) is 3.37. The predicted molar refractivity (Wildman–Crippen MR) is 36.0 cm³/mol. The second kappa shape index (κ2) is 3.76. The molecule has 1 aliphatic heterocycles. The van der Waals surface area contributed by atoms with E-state index < -0.39 is 5.92 Å².